The number of aryl methyl sites for hydroxylation is 1. The molecule has 2 aromatic heterocycles. The van der Waals surface area contributed by atoms with E-state index in [1.54, 1.807) is 34.0 Å². The fourth-order valence-electron chi connectivity index (χ4n) is 5.19. The number of aromatic nitrogens is 4. The maximum absolute atomic E-state index is 13.7. The zero-order valence-corrected chi connectivity index (χ0v) is 31.6. The molecule has 1 N–H and O–H groups in total. The number of ether oxygens (including phenoxy) is 2. The number of carbonyl (C=O) groups excluding carboxylic acids is 1. The van der Waals surface area contributed by atoms with E-state index in [0.717, 1.165) is 30.6 Å². The predicted molar refractivity (Wildman–Crippen MR) is 192 cm³/mol. The molecule has 0 spiro atoms. The summed E-state index contributed by atoms with van der Waals surface area (Å²) < 4.78 is 19.8. The summed E-state index contributed by atoms with van der Waals surface area (Å²) in [7, 11) is -1.96. The molecule has 1 atom stereocenters. The molecular weight excluding hydrogens is 646 g/mol. The minimum absolute atomic E-state index is 0.0755. The maximum Gasteiger partial charge on any atom is 0.414 e. The van der Waals surface area contributed by atoms with Gasteiger partial charge < -0.3 is 19.2 Å². The van der Waals surface area contributed by atoms with Gasteiger partial charge in [0.2, 0.25) is 5.95 Å². The van der Waals surface area contributed by atoms with E-state index in [1.807, 2.05) is 33.8 Å². The van der Waals surface area contributed by atoms with Gasteiger partial charge in [-0.1, -0.05) is 39.3 Å². The molecule has 1 aliphatic heterocycles. The summed E-state index contributed by atoms with van der Waals surface area (Å²) in [6.45, 7) is 20.7. The number of halogens is 1. The van der Waals surface area contributed by atoms with Gasteiger partial charge in [-0.05, 0) is 88.3 Å². The summed E-state index contributed by atoms with van der Waals surface area (Å²) in [6, 6.07) is 9.61. The highest BCUT2D eigenvalue weighted by molar-refractivity contribution is 6.74. The Kier molecular flexibility index (Phi) is 11.9. The molecule has 13 heteroatoms. The van der Waals surface area contributed by atoms with Crippen molar-refractivity contribution in [3.05, 3.63) is 46.7 Å². The molecule has 0 bridgehead atoms. The Morgan fingerprint density at radius 1 is 1.23 bits per heavy atom. The molecule has 260 valence electrons. The Balaban J connectivity index is 1.63. The number of nitrogens with one attached hydrogen (secondary N) is 1. The smallest absolute Gasteiger partial charge is 0.414 e. The van der Waals surface area contributed by atoms with Crippen molar-refractivity contribution in [1.82, 2.24) is 19.7 Å². The van der Waals surface area contributed by atoms with Crippen LogP contribution in [0.4, 0.5) is 22.2 Å². The van der Waals surface area contributed by atoms with Crippen molar-refractivity contribution in [2.75, 3.05) is 30.0 Å². The van der Waals surface area contributed by atoms with Gasteiger partial charge in [0.15, 0.2) is 13.5 Å². The lowest BCUT2D eigenvalue weighted by Gasteiger charge is -2.36. The lowest BCUT2D eigenvalue weighted by molar-refractivity contribution is 0.0578. The van der Waals surface area contributed by atoms with Gasteiger partial charge in [-0.25, -0.2) is 19.4 Å². The van der Waals surface area contributed by atoms with Crippen molar-refractivity contribution in [3.8, 4) is 17.3 Å². The molecule has 0 saturated carbocycles. The summed E-state index contributed by atoms with van der Waals surface area (Å²) in [5.41, 5.74) is 2.37. The second-order valence-corrected chi connectivity index (χ2v) is 19.8. The Labute approximate surface area is 291 Å². The third-order valence-corrected chi connectivity index (χ3v) is 13.4. The van der Waals surface area contributed by atoms with Crippen LogP contribution in [-0.2, 0) is 26.9 Å². The van der Waals surface area contributed by atoms with E-state index in [4.69, 9.17) is 30.5 Å². The van der Waals surface area contributed by atoms with E-state index in [-0.39, 0.29) is 11.1 Å². The molecule has 1 aliphatic rings. The first-order valence-corrected chi connectivity index (χ1v) is 20.0. The first-order chi connectivity index (χ1) is 22.5. The minimum atomic E-state index is -1.96. The summed E-state index contributed by atoms with van der Waals surface area (Å²) in [5, 5.41) is 18.5. The zero-order chi connectivity index (χ0) is 35.3. The normalized spacial score (nSPS) is 15.3. The molecule has 1 aromatic carbocycles. The van der Waals surface area contributed by atoms with Gasteiger partial charge in [-0.3, -0.25) is 4.90 Å². The molecule has 4 rings (SSSR count). The van der Waals surface area contributed by atoms with Crippen molar-refractivity contribution >= 4 is 43.5 Å². The topological polar surface area (TPSA) is 127 Å². The monoisotopic (exact) mass is 695 g/mol. The Hall–Kier alpha value is -3.50. The van der Waals surface area contributed by atoms with Crippen molar-refractivity contribution in [1.29, 1.82) is 5.26 Å². The van der Waals surface area contributed by atoms with Crippen molar-refractivity contribution < 1.29 is 18.7 Å². The molecule has 3 heterocycles. The molecule has 11 nitrogen and oxygen atoms in total. The molecule has 3 aromatic rings. The molecule has 48 heavy (non-hydrogen) atoms. The van der Waals surface area contributed by atoms with Gasteiger partial charge in [-0.15, -0.1) is 0 Å². The highest BCUT2D eigenvalue weighted by atomic mass is 35.5. The molecular formula is C35H50ClN7O4Si. The van der Waals surface area contributed by atoms with E-state index >= 15 is 0 Å². The van der Waals surface area contributed by atoms with Crippen LogP contribution in [0.2, 0.25) is 23.3 Å². The van der Waals surface area contributed by atoms with Gasteiger partial charge in [0.05, 0.1) is 29.6 Å². The summed E-state index contributed by atoms with van der Waals surface area (Å²) >= 11 is 6.26. The van der Waals surface area contributed by atoms with Crippen LogP contribution in [0.5, 0.6) is 0 Å². The average Bonchev–Trinajstić information content (AvgIpc) is 3.64. The highest BCUT2D eigenvalue weighted by Crippen LogP contribution is 2.37. The molecule has 1 fully saturated rings. The Morgan fingerprint density at radius 3 is 2.60 bits per heavy atom. The van der Waals surface area contributed by atoms with Crippen LogP contribution in [-0.4, -0.2) is 65.6 Å². The molecule has 0 radical (unpaired) electrons. The van der Waals surface area contributed by atoms with Gasteiger partial charge in [0, 0.05) is 37.6 Å². The SMILES string of the molecule is CCc1cc(-c2ccnc(Nc3cc(Cl)nn3C[C@@H]3CCCO3)n2)cc(C#N)c1N(CCCO[Si](C)(C)C(C)(C)C)C(=O)OC(C)(C)C. The minimum Gasteiger partial charge on any atom is -0.443 e. The lowest BCUT2D eigenvalue weighted by Crippen LogP contribution is -2.42. The van der Waals surface area contributed by atoms with E-state index in [0.29, 0.717) is 66.4 Å². The van der Waals surface area contributed by atoms with Gasteiger partial charge >= 0.3 is 6.09 Å². The number of nitriles is 1. The first kappa shape index (κ1) is 37.3. The lowest BCUT2D eigenvalue weighted by atomic mass is 9.98. The maximum atomic E-state index is 13.7. The second-order valence-electron chi connectivity index (χ2n) is 14.7. The van der Waals surface area contributed by atoms with Crippen molar-refractivity contribution in [2.45, 2.75) is 111 Å². The predicted octanol–water partition coefficient (Wildman–Crippen LogP) is 8.50. The van der Waals surface area contributed by atoms with Crippen LogP contribution in [0.3, 0.4) is 0 Å². The zero-order valence-electron chi connectivity index (χ0n) is 29.8. The van der Waals surface area contributed by atoms with Crippen LogP contribution in [0.15, 0.2) is 30.5 Å². The highest BCUT2D eigenvalue weighted by Gasteiger charge is 2.37. The number of hydrogen-bond acceptors (Lipinski definition) is 9. The van der Waals surface area contributed by atoms with E-state index in [1.165, 1.54) is 0 Å². The van der Waals surface area contributed by atoms with Crippen molar-refractivity contribution in [2.24, 2.45) is 0 Å². The second kappa shape index (κ2) is 15.4. The summed E-state index contributed by atoms with van der Waals surface area (Å²) in [4.78, 5) is 24.4. The number of amides is 1. The standard InChI is InChI=1S/C35H50ClN7O4Si/c1-10-24-19-25(28-14-15-38-32(39-28)40-30-21-29(36)41-43(30)23-27-13-11-17-45-27)20-26(22-37)31(24)42(33(44)47-34(2,3)4)16-12-18-46-48(8,9)35(5,6)7/h14-15,19-21,27H,10-13,16-18,23H2,1-9H3,(H,38,39,40)/t27-/m0/s1. The molecule has 0 aliphatic carbocycles. The van der Waals surface area contributed by atoms with Crippen LogP contribution in [0, 0.1) is 11.3 Å². The fraction of sp³-hybridized carbons (Fsp3) is 0.571. The van der Waals surface area contributed by atoms with E-state index in [9.17, 15) is 10.1 Å². The average molecular weight is 696 g/mol. The van der Waals surface area contributed by atoms with Gasteiger partial charge in [0.1, 0.15) is 17.5 Å². The number of nitrogens with zero attached hydrogens (tertiary/aromatic N) is 6. The van der Waals surface area contributed by atoms with Gasteiger partial charge in [-0.2, -0.15) is 10.4 Å². The van der Waals surface area contributed by atoms with Crippen molar-refractivity contribution in [3.63, 3.8) is 0 Å². The third kappa shape index (κ3) is 9.56. The molecule has 1 saturated heterocycles. The number of carbonyl (C=O) groups is 1. The summed E-state index contributed by atoms with van der Waals surface area (Å²) in [6.07, 6.45) is 4.40. The van der Waals surface area contributed by atoms with Crippen LogP contribution < -0.4 is 10.2 Å². The first-order valence-electron chi connectivity index (χ1n) is 16.7. The summed E-state index contributed by atoms with van der Waals surface area (Å²) in [5.74, 6) is 1.01. The van der Waals surface area contributed by atoms with E-state index in [2.05, 4.69) is 55.3 Å². The Bertz CT molecular complexity index is 1620. The van der Waals surface area contributed by atoms with Crippen LogP contribution in [0.25, 0.3) is 11.3 Å². The quantitative estimate of drug-likeness (QED) is 0.146. The number of rotatable bonds is 12. The Morgan fingerprint density at radius 2 is 1.98 bits per heavy atom. The van der Waals surface area contributed by atoms with Crippen LogP contribution in [0.1, 0.15) is 78.9 Å². The molecule has 1 amide bonds. The van der Waals surface area contributed by atoms with Gasteiger partial charge in [0.25, 0.3) is 0 Å². The fourth-order valence-corrected chi connectivity index (χ4v) is 6.48. The largest absolute Gasteiger partial charge is 0.443 e. The van der Waals surface area contributed by atoms with Crippen LogP contribution >= 0.6 is 11.6 Å². The number of anilines is 3. The number of benzene rings is 1. The molecule has 0 unspecified atom stereocenters. The third-order valence-electron chi connectivity index (χ3n) is 8.71. The van der Waals surface area contributed by atoms with E-state index < -0.39 is 20.0 Å². The number of hydrogen-bond donors (Lipinski definition) is 1.